The number of pyridine rings is 1. The highest BCUT2D eigenvalue weighted by Gasteiger charge is 2.27. The summed E-state index contributed by atoms with van der Waals surface area (Å²) in [5, 5.41) is 6.38. The fourth-order valence-corrected chi connectivity index (χ4v) is 4.52. The van der Waals surface area contributed by atoms with Crippen molar-refractivity contribution >= 4 is 23.1 Å². The van der Waals surface area contributed by atoms with E-state index in [4.69, 9.17) is 9.72 Å². The van der Waals surface area contributed by atoms with Crippen LogP contribution in [0.5, 0.6) is 0 Å². The lowest BCUT2D eigenvalue weighted by Crippen LogP contribution is -2.37. The Morgan fingerprint density at radius 1 is 1.18 bits per heavy atom. The number of benzene rings is 1. The largest absolute Gasteiger partial charge is 0.378 e. The number of fused-ring (bicyclic) bond motifs is 1. The molecule has 1 amide bonds. The Kier molecular flexibility index (Phi) is 5.74. The molecule has 0 bridgehead atoms. The number of morpholine rings is 1. The molecule has 172 valence electrons. The Morgan fingerprint density at radius 3 is 2.73 bits per heavy atom. The number of amides is 1. The average Bonchev–Trinajstić information content (AvgIpc) is 3.40. The lowest BCUT2D eigenvalue weighted by Gasteiger charge is -2.31. The molecule has 2 aliphatic heterocycles. The molecule has 0 unspecified atom stereocenters. The van der Waals surface area contributed by atoms with Crippen molar-refractivity contribution in [3.63, 3.8) is 0 Å². The molecule has 9 nitrogen and oxygen atoms in total. The molecular weight excluding hydrogens is 418 g/mol. The molecule has 2 N–H and O–H groups in total. The van der Waals surface area contributed by atoms with Gasteiger partial charge in [-0.2, -0.15) is 0 Å². The molecule has 0 radical (unpaired) electrons. The van der Waals surface area contributed by atoms with Crippen molar-refractivity contribution in [2.24, 2.45) is 7.05 Å². The number of imidazole rings is 1. The molecule has 9 heteroatoms. The maximum Gasteiger partial charge on any atom is 0.254 e. The first-order valence-corrected chi connectivity index (χ1v) is 11.2. The first-order valence-electron chi connectivity index (χ1n) is 11.2. The third kappa shape index (κ3) is 4.17. The molecule has 0 saturated carbocycles. The molecule has 0 aliphatic carbocycles. The van der Waals surface area contributed by atoms with E-state index in [1.807, 2.05) is 50.1 Å². The van der Waals surface area contributed by atoms with Gasteiger partial charge in [0.05, 0.1) is 54.1 Å². The van der Waals surface area contributed by atoms with Crippen molar-refractivity contribution in [1.82, 2.24) is 24.8 Å². The van der Waals surface area contributed by atoms with Gasteiger partial charge < -0.3 is 29.7 Å². The van der Waals surface area contributed by atoms with E-state index >= 15 is 0 Å². The molecule has 33 heavy (non-hydrogen) atoms. The van der Waals surface area contributed by atoms with Gasteiger partial charge in [0.2, 0.25) is 0 Å². The van der Waals surface area contributed by atoms with E-state index in [0.29, 0.717) is 12.1 Å². The highest BCUT2D eigenvalue weighted by molar-refractivity contribution is 6.06. The Hall–Kier alpha value is -3.43. The minimum atomic E-state index is -0.0741. The van der Waals surface area contributed by atoms with Crippen LogP contribution in [0.25, 0.3) is 11.3 Å². The van der Waals surface area contributed by atoms with Crippen LogP contribution in [0.4, 0.5) is 17.2 Å². The highest BCUT2D eigenvalue weighted by Crippen LogP contribution is 2.35. The first-order chi connectivity index (χ1) is 16.0. The first kappa shape index (κ1) is 21.4. The van der Waals surface area contributed by atoms with Crippen LogP contribution in [0.2, 0.25) is 0 Å². The molecule has 5 rings (SSSR count). The van der Waals surface area contributed by atoms with Gasteiger partial charge in [-0.1, -0.05) is 6.07 Å². The molecule has 1 fully saturated rings. The fourth-order valence-electron chi connectivity index (χ4n) is 4.52. The zero-order chi connectivity index (χ0) is 22.9. The third-order valence-electron chi connectivity index (χ3n) is 6.09. The van der Waals surface area contributed by atoms with E-state index < -0.39 is 0 Å². The number of ether oxygens (including phenoxy) is 1. The minimum absolute atomic E-state index is 0.0741. The van der Waals surface area contributed by atoms with Gasteiger partial charge >= 0.3 is 0 Å². The number of hydrogen-bond donors (Lipinski definition) is 2. The van der Waals surface area contributed by atoms with Crippen LogP contribution in [0, 0.1) is 0 Å². The summed E-state index contributed by atoms with van der Waals surface area (Å²) in [6.07, 6.45) is 3.59. The van der Waals surface area contributed by atoms with Gasteiger partial charge in [0.25, 0.3) is 5.91 Å². The van der Waals surface area contributed by atoms with E-state index in [9.17, 15) is 4.79 Å². The number of nitrogens with zero attached hydrogens (tertiary/aromatic N) is 5. The summed E-state index contributed by atoms with van der Waals surface area (Å²) in [5.74, 6) is 0.647. The summed E-state index contributed by atoms with van der Waals surface area (Å²) < 4.78 is 7.48. The highest BCUT2D eigenvalue weighted by atomic mass is 16.5. The van der Waals surface area contributed by atoms with Crippen molar-refractivity contribution in [1.29, 1.82) is 0 Å². The molecule has 1 aromatic carbocycles. The zero-order valence-electron chi connectivity index (χ0n) is 19.3. The normalized spacial score (nSPS) is 15.6. The SMILES string of the molecule is CN(C)Cc1nc(Nc2ccc(-c3cncn3C)c3c2C(=O)NC3)ccc1N1CCOCC1. The monoisotopic (exact) mass is 447 g/mol. The maximum atomic E-state index is 12.7. The maximum absolute atomic E-state index is 12.7. The Labute approximate surface area is 193 Å². The van der Waals surface area contributed by atoms with Crippen LogP contribution in [0.15, 0.2) is 36.8 Å². The number of hydrogen-bond acceptors (Lipinski definition) is 7. The van der Waals surface area contributed by atoms with Gasteiger partial charge in [-0.15, -0.1) is 0 Å². The summed E-state index contributed by atoms with van der Waals surface area (Å²) in [6.45, 7) is 4.40. The van der Waals surface area contributed by atoms with Gasteiger partial charge in [-0.3, -0.25) is 4.79 Å². The topological polar surface area (TPSA) is 87.5 Å². The number of carbonyl (C=O) groups excluding carboxylic acids is 1. The van der Waals surface area contributed by atoms with Crippen LogP contribution in [0.3, 0.4) is 0 Å². The number of nitrogens with one attached hydrogen (secondary N) is 2. The molecular formula is C24H29N7O2. The van der Waals surface area contributed by atoms with Crippen LogP contribution >= 0.6 is 0 Å². The molecule has 0 spiro atoms. The van der Waals surface area contributed by atoms with Crippen LogP contribution in [-0.2, 0) is 24.9 Å². The van der Waals surface area contributed by atoms with E-state index in [-0.39, 0.29) is 5.91 Å². The van der Waals surface area contributed by atoms with Gasteiger partial charge in [-0.05, 0) is 37.9 Å². The van der Waals surface area contributed by atoms with E-state index in [2.05, 4.69) is 31.5 Å². The fraction of sp³-hybridized carbons (Fsp3) is 0.375. The summed E-state index contributed by atoms with van der Waals surface area (Å²) in [5.41, 5.74) is 6.53. The Balaban J connectivity index is 1.49. The summed E-state index contributed by atoms with van der Waals surface area (Å²) in [6, 6.07) is 8.10. The predicted molar refractivity (Wildman–Crippen MR) is 128 cm³/mol. The van der Waals surface area contributed by atoms with Crippen LogP contribution < -0.4 is 15.5 Å². The second kappa shape index (κ2) is 8.84. The smallest absolute Gasteiger partial charge is 0.254 e. The number of aryl methyl sites for hydroxylation is 1. The van der Waals surface area contributed by atoms with Gasteiger partial charge in [0, 0.05) is 38.8 Å². The van der Waals surface area contributed by atoms with Crippen molar-refractivity contribution in [3.8, 4) is 11.3 Å². The summed E-state index contributed by atoms with van der Waals surface area (Å²) in [7, 11) is 6.04. The number of aromatic nitrogens is 3. The molecule has 0 atom stereocenters. The van der Waals surface area contributed by atoms with Gasteiger partial charge in [0.15, 0.2) is 0 Å². The number of anilines is 3. The van der Waals surface area contributed by atoms with E-state index in [1.165, 1.54) is 0 Å². The average molecular weight is 448 g/mol. The quantitative estimate of drug-likeness (QED) is 0.600. The number of carbonyl (C=O) groups is 1. The second-order valence-electron chi connectivity index (χ2n) is 8.71. The lowest BCUT2D eigenvalue weighted by molar-refractivity contribution is 0.0966. The third-order valence-corrected chi connectivity index (χ3v) is 6.09. The van der Waals surface area contributed by atoms with Crippen molar-refractivity contribution < 1.29 is 9.53 Å². The molecule has 4 heterocycles. The molecule has 2 aromatic heterocycles. The van der Waals surface area contributed by atoms with Crippen LogP contribution in [0.1, 0.15) is 21.6 Å². The molecule has 3 aromatic rings. The summed E-state index contributed by atoms with van der Waals surface area (Å²) >= 11 is 0. The Bertz CT molecular complexity index is 1180. The number of rotatable bonds is 6. The van der Waals surface area contributed by atoms with Gasteiger partial charge in [-0.25, -0.2) is 9.97 Å². The van der Waals surface area contributed by atoms with Crippen molar-refractivity contribution in [2.75, 3.05) is 50.6 Å². The van der Waals surface area contributed by atoms with E-state index in [1.54, 1.807) is 6.33 Å². The second-order valence-corrected chi connectivity index (χ2v) is 8.71. The minimum Gasteiger partial charge on any atom is -0.378 e. The standard InChI is InChI=1S/C24H29N7O2/c1-29(2)14-19-20(31-8-10-33-11-9-31)6-7-22(28-19)27-18-5-4-16(21-13-25-15-30(21)3)17-12-26-24(32)23(17)18/h4-7,13,15H,8-12,14H2,1-3H3,(H,26,32)(H,27,28). The van der Waals surface area contributed by atoms with Crippen molar-refractivity contribution in [2.45, 2.75) is 13.1 Å². The molecule has 2 aliphatic rings. The predicted octanol–water partition coefficient (Wildman–Crippen LogP) is 2.37. The molecule has 1 saturated heterocycles. The van der Waals surface area contributed by atoms with E-state index in [0.717, 1.165) is 72.6 Å². The lowest BCUT2D eigenvalue weighted by atomic mass is 9.99. The van der Waals surface area contributed by atoms with Crippen LogP contribution in [-0.4, -0.2) is 65.7 Å². The summed E-state index contributed by atoms with van der Waals surface area (Å²) in [4.78, 5) is 26.3. The Morgan fingerprint density at radius 2 is 2.00 bits per heavy atom. The zero-order valence-corrected chi connectivity index (χ0v) is 19.3. The van der Waals surface area contributed by atoms with Gasteiger partial charge in [0.1, 0.15) is 5.82 Å². The van der Waals surface area contributed by atoms with Crippen molar-refractivity contribution in [3.05, 3.63) is 53.6 Å².